The van der Waals surface area contributed by atoms with E-state index in [0.717, 1.165) is 18.8 Å². The summed E-state index contributed by atoms with van der Waals surface area (Å²) in [6.07, 6.45) is 3.85. The first-order valence-corrected chi connectivity index (χ1v) is 6.86. The van der Waals surface area contributed by atoms with Gasteiger partial charge in [-0.15, -0.1) is 0 Å². The summed E-state index contributed by atoms with van der Waals surface area (Å²) in [5.74, 6) is 0.936. The Kier molecular flexibility index (Phi) is 5.02. The number of rotatable bonds is 5. The molecule has 1 aliphatic heterocycles. The fraction of sp³-hybridized carbons (Fsp3) is 0.600. The lowest BCUT2D eigenvalue weighted by molar-refractivity contribution is -0.00665. The van der Waals surface area contributed by atoms with Crippen LogP contribution in [0, 0.1) is 0 Å². The Morgan fingerprint density at radius 1 is 1.44 bits per heavy atom. The molecule has 2 rings (SSSR count). The van der Waals surface area contributed by atoms with Crippen molar-refractivity contribution in [3.63, 3.8) is 0 Å². The molecular weight excluding hydrogens is 226 g/mol. The Hall–Kier alpha value is -1.06. The molecule has 100 valence electrons. The molecule has 3 heteroatoms. The highest BCUT2D eigenvalue weighted by Gasteiger charge is 2.24. The molecule has 2 atom stereocenters. The number of ether oxygens (including phenoxy) is 2. The Bertz CT molecular complexity index is 361. The van der Waals surface area contributed by atoms with Crippen LogP contribution in [-0.4, -0.2) is 26.4 Å². The minimum absolute atomic E-state index is 0.255. The van der Waals surface area contributed by atoms with Crippen molar-refractivity contribution in [2.75, 3.05) is 20.3 Å². The topological polar surface area (TPSA) is 30.5 Å². The zero-order chi connectivity index (χ0) is 12.8. The van der Waals surface area contributed by atoms with Crippen LogP contribution in [0.4, 0.5) is 0 Å². The summed E-state index contributed by atoms with van der Waals surface area (Å²) in [4.78, 5) is 0. The molecule has 1 heterocycles. The van der Waals surface area contributed by atoms with Crippen molar-refractivity contribution in [2.45, 2.75) is 38.3 Å². The van der Waals surface area contributed by atoms with Gasteiger partial charge in [-0.05, 0) is 50.9 Å². The van der Waals surface area contributed by atoms with Crippen LogP contribution in [0.3, 0.4) is 0 Å². The third-order valence-corrected chi connectivity index (χ3v) is 3.43. The Balaban J connectivity index is 2.12. The maximum Gasteiger partial charge on any atom is 0.119 e. The van der Waals surface area contributed by atoms with Crippen LogP contribution in [0.2, 0.25) is 0 Å². The maximum atomic E-state index is 5.88. The van der Waals surface area contributed by atoms with E-state index in [-0.39, 0.29) is 12.1 Å². The van der Waals surface area contributed by atoms with Gasteiger partial charge in [0.25, 0.3) is 0 Å². The standard InChI is InChI=1S/C15H23NO2/c1-3-17-13-8-6-7-12(11-13)15(16-2)14-9-4-5-10-18-14/h6-8,11,14-16H,3-5,9-10H2,1-2H3. The van der Waals surface area contributed by atoms with E-state index in [2.05, 4.69) is 17.4 Å². The zero-order valence-electron chi connectivity index (χ0n) is 11.3. The Morgan fingerprint density at radius 2 is 2.33 bits per heavy atom. The molecule has 1 N–H and O–H groups in total. The van der Waals surface area contributed by atoms with Gasteiger partial charge in [-0.2, -0.15) is 0 Å². The highest BCUT2D eigenvalue weighted by Crippen LogP contribution is 2.28. The minimum atomic E-state index is 0.255. The molecule has 0 radical (unpaired) electrons. The summed E-state index contributed by atoms with van der Waals surface area (Å²) in [5, 5.41) is 3.38. The molecule has 18 heavy (non-hydrogen) atoms. The third-order valence-electron chi connectivity index (χ3n) is 3.43. The van der Waals surface area contributed by atoms with Crippen LogP contribution in [0.1, 0.15) is 37.8 Å². The number of likely N-dealkylation sites (N-methyl/N-ethyl adjacent to an activating group) is 1. The van der Waals surface area contributed by atoms with Crippen molar-refractivity contribution in [1.82, 2.24) is 5.32 Å². The summed E-state index contributed by atoms with van der Waals surface area (Å²) in [6, 6.07) is 8.56. The second-order valence-electron chi connectivity index (χ2n) is 4.68. The zero-order valence-corrected chi connectivity index (χ0v) is 11.3. The maximum absolute atomic E-state index is 5.88. The number of benzene rings is 1. The first-order chi connectivity index (χ1) is 8.85. The first-order valence-electron chi connectivity index (χ1n) is 6.86. The summed E-state index contributed by atoms with van der Waals surface area (Å²) >= 11 is 0. The van der Waals surface area contributed by atoms with Crippen LogP contribution < -0.4 is 10.1 Å². The van der Waals surface area contributed by atoms with Gasteiger partial charge < -0.3 is 14.8 Å². The minimum Gasteiger partial charge on any atom is -0.494 e. The highest BCUT2D eigenvalue weighted by molar-refractivity contribution is 5.31. The van der Waals surface area contributed by atoms with Gasteiger partial charge >= 0.3 is 0 Å². The molecule has 1 fully saturated rings. The van der Waals surface area contributed by atoms with Crippen molar-refractivity contribution < 1.29 is 9.47 Å². The van der Waals surface area contributed by atoms with E-state index >= 15 is 0 Å². The fourth-order valence-corrected chi connectivity index (χ4v) is 2.56. The summed E-state index contributed by atoms with van der Waals surface area (Å²) in [6.45, 7) is 3.59. The van der Waals surface area contributed by atoms with Crippen molar-refractivity contribution in [3.8, 4) is 5.75 Å². The van der Waals surface area contributed by atoms with E-state index in [9.17, 15) is 0 Å². The van der Waals surface area contributed by atoms with Crippen molar-refractivity contribution in [1.29, 1.82) is 0 Å². The molecule has 0 aliphatic carbocycles. The summed E-state index contributed by atoms with van der Waals surface area (Å²) in [5.41, 5.74) is 1.25. The van der Waals surface area contributed by atoms with E-state index in [1.807, 2.05) is 26.1 Å². The lowest BCUT2D eigenvalue weighted by Gasteiger charge is -2.30. The SMILES string of the molecule is CCOc1cccc(C(NC)C2CCCCO2)c1. The molecule has 0 amide bonds. The largest absolute Gasteiger partial charge is 0.494 e. The van der Waals surface area contributed by atoms with Gasteiger partial charge in [-0.1, -0.05) is 12.1 Å². The fourth-order valence-electron chi connectivity index (χ4n) is 2.56. The summed E-state index contributed by atoms with van der Waals surface area (Å²) in [7, 11) is 2.00. The average molecular weight is 249 g/mol. The number of hydrogen-bond donors (Lipinski definition) is 1. The lowest BCUT2D eigenvalue weighted by atomic mass is 9.96. The molecule has 1 aromatic carbocycles. The quantitative estimate of drug-likeness (QED) is 0.870. The molecule has 1 saturated heterocycles. The van der Waals surface area contributed by atoms with Gasteiger partial charge in [0, 0.05) is 6.61 Å². The van der Waals surface area contributed by atoms with E-state index in [0.29, 0.717) is 6.61 Å². The second-order valence-corrected chi connectivity index (χ2v) is 4.68. The molecule has 1 aliphatic rings. The molecule has 0 saturated carbocycles. The highest BCUT2D eigenvalue weighted by atomic mass is 16.5. The molecule has 2 unspecified atom stereocenters. The van der Waals surface area contributed by atoms with Crippen LogP contribution >= 0.6 is 0 Å². The van der Waals surface area contributed by atoms with Gasteiger partial charge in [0.05, 0.1) is 18.8 Å². The van der Waals surface area contributed by atoms with Gasteiger partial charge in [0.2, 0.25) is 0 Å². The Morgan fingerprint density at radius 3 is 3.00 bits per heavy atom. The van der Waals surface area contributed by atoms with Crippen LogP contribution in [0.15, 0.2) is 24.3 Å². The molecule has 0 spiro atoms. The van der Waals surface area contributed by atoms with E-state index in [1.54, 1.807) is 0 Å². The predicted octanol–water partition coefficient (Wildman–Crippen LogP) is 2.91. The predicted molar refractivity (Wildman–Crippen MR) is 73.0 cm³/mol. The van der Waals surface area contributed by atoms with E-state index in [1.165, 1.54) is 18.4 Å². The van der Waals surface area contributed by atoms with E-state index in [4.69, 9.17) is 9.47 Å². The Labute approximate surface area is 109 Å². The summed E-state index contributed by atoms with van der Waals surface area (Å²) < 4.78 is 11.4. The van der Waals surface area contributed by atoms with Crippen molar-refractivity contribution in [2.24, 2.45) is 0 Å². The monoisotopic (exact) mass is 249 g/mol. The number of nitrogens with one attached hydrogen (secondary N) is 1. The smallest absolute Gasteiger partial charge is 0.119 e. The van der Waals surface area contributed by atoms with Crippen molar-refractivity contribution >= 4 is 0 Å². The first kappa shape index (κ1) is 13.4. The van der Waals surface area contributed by atoms with Crippen LogP contribution in [-0.2, 0) is 4.74 Å². The second kappa shape index (κ2) is 6.76. The van der Waals surface area contributed by atoms with E-state index < -0.39 is 0 Å². The third kappa shape index (κ3) is 3.24. The van der Waals surface area contributed by atoms with Crippen molar-refractivity contribution in [3.05, 3.63) is 29.8 Å². The average Bonchev–Trinajstić information content (AvgIpc) is 2.42. The molecular formula is C15H23NO2. The number of hydrogen-bond acceptors (Lipinski definition) is 3. The van der Waals surface area contributed by atoms with Gasteiger partial charge in [-0.25, -0.2) is 0 Å². The lowest BCUT2D eigenvalue weighted by Crippen LogP contribution is -2.34. The molecule has 0 aromatic heterocycles. The van der Waals surface area contributed by atoms with Gasteiger partial charge in [0.15, 0.2) is 0 Å². The normalized spacial score (nSPS) is 21.6. The van der Waals surface area contributed by atoms with Crippen LogP contribution in [0.25, 0.3) is 0 Å². The van der Waals surface area contributed by atoms with Gasteiger partial charge in [-0.3, -0.25) is 0 Å². The molecule has 0 bridgehead atoms. The molecule has 1 aromatic rings. The van der Waals surface area contributed by atoms with Gasteiger partial charge in [0.1, 0.15) is 5.75 Å². The van der Waals surface area contributed by atoms with Crippen LogP contribution in [0.5, 0.6) is 5.75 Å². The molecule has 3 nitrogen and oxygen atoms in total.